The van der Waals surface area contributed by atoms with E-state index >= 15 is 4.39 Å². The highest BCUT2D eigenvalue weighted by Crippen LogP contribution is 2.42. The maximum Gasteiger partial charge on any atom is 0.256 e. The molecule has 1 aliphatic heterocycles. The zero-order valence-corrected chi connectivity index (χ0v) is 25.9. The summed E-state index contributed by atoms with van der Waals surface area (Å²) in [4.78, 5) is 22.4. The summed E-state index contributed by atoms with van der Waals surface area (Å²) in [6.45, 7) is 4.63. The van der Waals surface area contributed by atoms with Gasteiger partial charge in [0.15, 0.2) is 0 Å². The van der Waals surface area contributed by atoms with Crippen molar-refractivity contribution in [3.05, 3.63) is 69.1 Å². The number of pyridine rings is 1. The van der Waals surface area contributed by atoms with Gasteiger partial charge in [-0.15, -0.1) is 27.7 Å². The maximum atomic E-state index is 15.3. The number of fused-ring (bicyclic) bond motifs is 1. The molecule has 0 N–H and O–H groups in total. The molecule has 1 aromatic carbocycles. The molecule has 0 amide bonds. The van der Waals surface area contributed by atoms with Crippen molar-refractivity contribution in [1.82, 2.24) is 14.5 Å². The molecule has 3 heterocycles. The molecule has 0 aliphatic carbocycles. The van der Waals surface area contributed by atoms with E-state index in [1.165, 1.54) is 6.33 Å². The van der Waals surface area contributed by atoms with Crippen LogP contribution in [0, 0.1) is 5.82 Å². The number of aromatic nitrogens is 3. The Labute approximate surface area is 225 Å². The van der Waals surface area contributed by atoms with Gasteiger partial charge in [-0.2, -0.15) is 0 Å². The van der Waals surface area contributed by atoms with Gasteiger partial charge >= 0.3 is 0 Å². The highest BCUT2D eigenvalue weighted by Gasteiger charge is 2.37. The van der Waals surface area contributed by atoms with Crippen LogP contribution in [0.4, 0.5) is 4.39 Å². The van der Waals surface area contributed by atoms with Gasteiger partial charge in [0.2, 0.25) is 0 Å². The van der Waals surface area contributed by atoms with Crippen LogP contribution in [-0.2, 0) is 28.4 Å². The van der Waals surface area contributed by atoms with Crippen molar-refractivity contribution in [3.63, 3.8) is 0 Å². The standard InChI is InChI=1S/C26H36FN4O2P3S/c1-4-10-30-37(33)11-8-26(36,9-12-37)20-14-19-21(28-15-29-23(19)31(3)24(20)32)13-16(2)17-6-5-7-18(22(17)27)25(34)35/h5-7,14-16,25H,4,8-13,34-36H2,1-3H3/t16-,26?,37?/m0/s1. The van der Waals surface area contributed by atoms with Gasteiger partial charge < -0.3 is 0 Å². The Morgan fingerprint density at radius 1 is 1.22 bits per heavy atom. The lowest BCUT2D eigenvalue weighted by atomic mass is 9.90. The lowest BCUT2D eigenvalue weighted by molar-refractivity contribution is 0.543. The summed E-state index contributed by atoms with van der Waals surface area (Å²) in [5, 5.41) is 0.237. The molecule has 6 nitrogen and oxygen atoms in total. The van der Waals surface area contributed by atoms with E-state index in [4.69, 9.17) is 0 Å². The predicted molar refractivity (Wildman–Crippen MR) is 162 cm³/mol. The molecule has 4 atom stereocenters. The Bertz CT molecular complexity index is 1490. The van der Waals surface area contributed by atoms with Gasteiger partial charge in [-0.25, -0.2) is 22.9 Å². The molecule has 0 bridgehead atoms. The molecule has 2 aromatic heterocycles. The van der Waals surface area contributed by atoms with Crippen LogP contribution >= 0.6 is 27.7 Å². The normalized spacial score (nSPS) is 22.9. The third kappa shape index (κ3) is 5.83. The number of benzene rings is 1. The van der Waals surface area contributed by atoms with Crippen molar-refractivity contribution in [2.75, 3.05) is 18.1 Å². The Balaban J connectivity index is 1.73. The summed E-state index contributed by atoms with van der Waals surface area (Å²) in [5.41, 5.74) is 3.17. The average Bonchev–Trinajstić information content (AvgIpc) is 2.87. The van der Waals surface area contributed by atoms with Crippen LogP contribution in [0.1, 0.15) is 66.8 Å². The number of hydrogen-bond acceptors (Lipinski definition) is 5. The molecule has 200 valence electrons. The highest BCUT2D eigenvalue weighted by atomic mass is 32.2. The predicted octanol–water partition coefficient (Wildman–Crippen LogP) is 5.30. The fourth-order valence-electron chi connectivity index (χ4n) is 5.01. The molecule has 37 heavy (non-hydrogen) atoms. The Morgan fingerprint density at radius 2 is 1.89 bits per heavy atom. The minimum atomic E-state index is -2.23. The van der Waals surface area contributed by atoms with E-state index < -0.39 is 14.9 Å². The first-order valence-electron chi connectivity index (χ1n) is 12.6. The number of rotatable bonds is 7. The molecule has 0 saturated carbocycles. The number of aryl methyl sites for hydroxylation is 1. The zero-order valence-electron chi connectivity index (χ0n) is 21.6. The van der Waals surface area contributed by atoms with Crippen LogP contribution in [0.15, 0.2) is 39.8 Å². The van der Waals surface area contributed by atoms with E-state index in [-0.39, 0.29) is 22.7 Å². The molecule has 0 radical (unpaired) electrons. The monoisotopic (exact) mass is 580 g/mol. The van der Waals surface area contributed by atoms with Crippen LogP contribution in [0.5, 0.6) is 0 Å². The molecule has 0 spiro atoms. The summed E-state index contributed by atoms with van der Waals surface area (Å²) in [7, 11) is 7.61. The fraction of sp³-hybridized carbons (Fsp3) is 0.500. The molecule has 1 saturated heterocycles. The summed E-state index contributed by atoms with van der Waals surface area (Å²) >= 11 is 0. The highest BCUT2D eigenvalue weighted by molar-refractivity contribution is 7.93. The minimum absolute atomic E-state index is 0.0673. The van der Waals surface area contributed by atoms with E-state index in [1.807, 2.05) is 32.0 Å². The molecular formula is C26H36FN4O2P3S. The number of nitrogens with zero attached hydrogens (tertiary/aromatic N) is 4. The van der Waals surface area contributed by atoms with Gasteiger partial charge in [0, 0.05) is 56.3 Å². The van der Waals surface area contributed by atoms with Crippen molar-refractivity contribution in [2.24, 2.45) is 11.4 Å². The maximum absolute atomic E-state index is 15.3. The van der Waals surface area contributed by atoms with E-state index in [2.05, 4.69) is 42.1 Å². The first-order chi connectivity index (χ1) is 17.5. The smallest absolute Gasteiger partial charge is 0.256 e. The van der Waals surface area contributed by atoms with Crippen LogP contribution < -0.4 is 5.56 Å². The summed E-state index contributed by atoms with van der Waals surface area (Å²) in [5.74, 6) is 0.640. The van der Waals surface area contributed by atoms with Crippen molar-refractivity contribution >= 4 is 48.5 Å². The molecule has 11 heteroatoms. The fourth-order valence-corrected chi connectivity index (χ4v) is 8.78. The van der Waals surface area contributed by atoms with Crippen molar-refractivity contribution in [3.8, 4) is 0 Å². The topological polar surface area (TPSA) is 77.2 Å². The molecule has 1 aliphatic rings. The third-order valence-corrected chi connectivity index (χ3v) is 11.3. The Hall–Kier alpha value is -1.32. The third-order valence-electron chi connectivity index (χ3n) is 7.36. The second-order valence-electron chi connectivity index (χ2n) is 10.1. The van der Waals surface area contributed by atoms with Crippen LogP contribution in [-0.4, -0.2) is 36.8 Å². The SMILES string of the molecule is CCCN=S1(=O)CCC(P)(c2cc3c(C[C@H](C)c4cccc(C(P)P)c4F)ncnc3n(C)c2=O)CC1. The second kappa shape index (κ2) is 11.4. The van der Waals surface area contributed by atoms with Gasteiger partial charge in [-0.1, -0.05) is 32.0 Å². The van der Waals surface area contributed by atoms with Gasteiger partial charge in [-0.3, -0.25) is 9.36 Å². The summed E-state index contributed by atoms with van der Waals surface area (Å²) in [6.07, 6.45) is 4.06. The number of hydrogen-bond donors (Lipinski definition) is 0. The summed E-state index contributed by atoms with van der Waals surface area (Å²) < 4.78 is 34.4. The van der Waals surface area contributed by atoms with Crippen molar-refractivity contribution < 1.29 is 8.60 Å². The van der Waals surface area contributed by atoms with Crippen LogP contribution in [0.3, 0.4) is 0 Å². The quantitative estimate of drug-likeness (QED) is 0.355. The first kappa shape index (κ1) is 28.7. The van der Waals surface area contributed by atoms with Gasteiger partial charge in [0.25, 0.3) is 5.56 Å². The van der Waals surface area contributed by atoms with Crippen LogP contribution in [0.2, 0.25) is 0 Å². The lowest BCUT2D eigenvalue weighted by Crippen LogP contribution is -2.38. The molecule has 3 aromatic rings. The Kier molecular flexibility index (Phi) is 8.86. The first-order valence-corrected chi connectivity index (χ1v) is 16.4. The van der Waals surface area contributed by atoms with E-state index in [1.54, 1.807) is 17.7 Å². The van der Waals surface area contributed by atoms with Gasteiger partial charge in [0.1, 0.15) is 17.8 Å². The lowest BCUT2D eigenvalue weighted by Gasteiger charge is -2.35. The summed E-state index contributed by atoms with van der Waals surface area (Å²) in [6, 6.07) is 7.43. The van der Waals surface area contributed by atoms with Crippen LogP contribution in [0.25, 0.3) is 11.0 Å². The number of halogens is 1. The van der Waals surface area contributed by atoms with Gasteiger partial charge in [0.05, 0.1) is 5.69 Å². The zero-order chi connectivity index (χ0) is 27.0. The Morgan fingerprint density at radius 3 is 2.54 bits per heavy atom. The van der Waals surface area contributed by atoms with Gasteiger partial charge in [-0.05, 0) is 48.8 Å². The van der Waals surface area contributed by atoms with E-state index in [9.17, 15) is 9.00 Å². The average molecular weight is 581 g/mol. The van der Waals surface area contributed by atoms with Crippen molar-refractivity contribution in [1.29, 1.82) is 0 Å². The molecular weight excluding hydrogens is 544 g/mol. The molecule has 1 fully saturated rings. The van der Waals surface area contributed by atoms with E-state index in [0.717, 1.165) is 17.5 Å². The molecule has 3 unspecified atom stereocenters. The second-order valence-corrected chi connectivity index (χ2v) is 16.0. The minimum Gasteiger partial charge on any atom is -0.295 e. The van der Waals surface area contributed by atoms with E-state index in [0.29, 0.717) is 59.7 Å². The van der Waals surface area contributed by atoms with Crippen molar-refractivity contribution in [2.45, 2.75) is 56.0 Å². The largest absolute Gasteiger partial charge is 0.295 e. The molecule has 4 rings (SSSR count).